The molecule has 0 saturated carbocycles. The summed E-state index contributed by atoms with van der Waals surface area (Å²) in [5.74, 6) is -0.906. The van der Waals surface area contributed by atoms with Gasteiger partial charge < -0.3 is 15.1 Å². The predicted octanol–water partition coefficient (Wildman–Crippen LogP) is -0.691. The molecule has 8 nitrogen and oxygen atoms in total. The molecule has 2 aliphatic heterocycles. The number of hydrogen-bond donors (Lipinski definition) is 3. The van der Waals surface area contributed by atoms with Gasteiger partial charge in [0.1, 0.15) is 17.1 Å². The molecule has 3 N–H and O–H groups in total. The molecule has 3 heterocycles. The molecular weight excluding hydrogens is 284 g/mol. The van der Waals surface area contributed by atoms with Gasteiger partial charge in [-0.3, -0.25) is 4.79 Å². The smallest absolute Gasteiger partial charge is 0.327 e. The Morgan fingerprint density at radius 3 is 3.00 bits per heavy atom. The fraction of sp³-hybridized carbons (Fsp3) is 0.455. The number of nitrogens with zero attached hydrogens (tertiary/aromatic N) is 3. The maximum atomic E-state index is 12.2. The highest BCUT2D eigenvalue weighted by Gasteiger charge is 2.54. The van der Waals surface area contributed by atoms with E-state index in [1.807, 2.05) is 0 Å². The third-order valence-corrected chi connectivity index (χ3v) is 4.70. The molecule has 1 aromatic rings. The molecule has 9 heteroatoms. The molecule has 2 saturated heterocycles. The van der Waals surface area contributed by atoms with Gasteiger partial charge in [0, 0.05) is 12.4 Å². The lowest BCUT2D eigenvalue weighted by Gasteiger charge is -2.39. The van der Waals surface area contributed by atoms with Gasteiger partial charge in [-0.1, -0.05) is 0 Å². The SMILES string of the molecule is O=C(O)C1CS[C@@H]2/C(=C(/CCO)c3cn[nH]n3)C(=O)N12. The van der Waals surface area contributed by atoms with Crippen molar-refractivity contribution < 1.29 is 19.8 Å². The minimum atomic E-state index is -0.988. The van der Waals surface area contributed by atoms with Crippen molar-refractivity contribution in [3.05, 3.63) is 17.5 Å². The largest absolute Gasteiger partial charge is 0.480 e. The first-order valence-corrected chi connectivity index (χ1v) is 7.07. The highest BCUT2D eigenvalue weighted by Crippen LogP contribution is 2.46. The topological polar surface area (TPSA) is 119 Å². The van der Waals surface area contributed by atoms with Crippen LogP contribution in [0, 0.1) is 0 Å². The van der Waals surface area contributed by atoms with E-state index in [4.69, 9.17) is 10.2 Å². The summed E-state index contributed by atoms with van der Waals surface area (Å²) in [6.07, 6.45) is 1.78. The number of carbonyl (C=O) groups excluding carboxylic acids is 1. The number of aromatic nitrogens is 3. The van der Waals surface area contributed by atoms with Crippen LogP contribution in [0.2, 0.25) is 0 Å². The normalized spacial score (nSPS) is 27.2. The molecule has 20 heavy (non-hydrogen) atoms. The molecule has 2 aliphatic rings. The van der Waals surface area contributed by atoms with Crippen LogP contribution in [0.1, 0.15) is 12.1 Å². The molecule has 1 amide bonds. The monoisotopic (exact) mass is 296 g/mol. The van der Waals surface area contributed by atoms with E-state index in [1.165, 1.54) is 22.9 Å². The van der Waals surface area contributed by atoms with E-state index < -0.39 is 12.0 Å². The Labute approximate surface area is 117 Å². The van der Waals surface area contributed by atoms with Gasteiger partial charge >= 0.3 is 5.97 Å². The van der Waals surface area contributed by atoms with Crippen molar-refractivity contribution in [1.82, 2.24) is 20.3 Å². The highest BCUT2D eigenvalue weighted by atomic mass is 32.2. The van der Waals surface area contributed by atoms with Crippen LogP contribution in [0.15, 0.2) is 11.8 Å². The van der Waals surface area contributed by atoms with Crippen molar-refractivity contribution in [3.8, 4) is 0 Å². The molecule has 2 fully saturated rings. The van der Waals surface area contributed by atoms with E-state index in [-0.39, 0.29) is 24.3 Å². The standard InChI is InChI=1S/C11H12N4O4S/c16-2-1-5(6-3-12-14-13-6)8-9(17)15-7(11(18)19)4-20-10(8)15/h3,7,10,16H,1-2,4H2,(H,18,19)(H,12,13,14)/b8-5-/t7?,10-/m1/s1. The first kappa shape index (κ1) is 13.1. The lowest BCUT2D eigenvalue weighted by molar-refractivity contribution is -0.150. The molecule has 1 aromatic heterocycles. The quantitative estimate of drug-likeness (QED) is 0.497. The summed E-state index contributed by atoms with van der Waals surface area (Å²) in [7, 11) is 0. The van der Waals surface area contributed by atoms with E-state index in [0.29, 0.717) is 22.6 Å². The van der Waals surface area contributed by atoms with Crippen molar-refractivity contribution in [2.45, 2.75) is 17.8 Å². The fourth-order valence-electron chi connectivity index (χ4n) is 2.48. The number of amides is 1. The molecule has 0 radical (unpaired) electrons. The lowest BCUT2D eigenvalue weighted by Crippen LogP contribution is -2.56. The average molecular weight is 296 g/mol. The van der Waals surface area contributed by atoms with E-state index in [1.54, 1.807) is 0 Å². The number of β-lactam (4-membered cyclic amide) rings is 1. The minimum absolute atomic E-state index is 0.112. The van der Waals surface area contributed by atoms with Crippen LogP contribution in [0.5, 0.6) is 0 Å². The molecule has 106 valence electrons. The molecule has 0 aromatic carbocycles. The number of aromatic amines is 1. The van der Waals surface area contributed by atoms with Gasteiger partial charge in [0.25, 0.3) is 5.91 Å². The van der Waals surface area contributed by atoms with Crippen LogP contribution in [0.3, 0.4) is 0 Å². The zero-order valence-electron chi connectivity index (χ0n) is 10.3. The van der Waals surface area contributed by atoms with Crippen LogP contribution >= 0.6 is 11.8 Å². The van der Waals surface area contributed by atoms with E-state index in [0.717, 1.165) is 0 Å². The van der Waals surface area contributed by atoms with Crippen LogP contribution in [0.25, 0.3) is 5.57 Å². The van der Waals surface area contributed by atoms with Crippen molar-refractivity contribution in [3.63, 3.8) is 0 Å². The third-order valence-electron chi connectivity index (χ3n) is 3.41. The molecule has 0 bridgehead atoms. The Hall–Kier alpha value is -1.87. The number of H-pyrrole nitrogens is 1. The van der Waals surface area contributed by atoms with Gasteiger partial charge in [0.05, 0.1) is 11.8 Å². The summed E-state index contributed by atoms with van der Waals surface area (Å²) in [5, 5.41) is 28.1. The minimum Gasteiger partial charge on any atom is -0.480 e. The lowest BCUT2D eigenvalue weighted by atomic mass is 9.94. The predicted molar refractivity (Wildman–Crippen MR) is 69.5 cm³/mol. The number of nitrogens with one attached hydrogen (secondary N) is 1. The van der Waals surface area contributed by atoms with Gasteiger partial charge in [0.2, 0.25) is 0 Å². The maximum absolute atomic E-state index is 12.2. The molecule has 3 rings (SSSR count). The van der Waals surface area contributed by atoms with Crippen molar-refractivity contribution >= 4 is 29.2 Å². The van der Waals surface area contributed by atoms with Gasteiger partial charge in [0.15, 0.2) is 0 Å². The summed E-state index contributed by atoms with van der Waals surface area (Å²) in [6, 6.07) is -0.770. The van der Waals surface area contributed by atoms with Crippen LogP contribution in [-0.2, 0) is 9.59 Å². The molecule has 2 atom stereocenters. The summed E-state index contributed by atoms with van der Waals surface area (Å²) >= 11 is 1.42. The fourth-order valence-corrected chi connectivity index (χ4v) is 3.96. The highest BCUT2D eigenvalue weighted by molar-refractivity contribution is 8.00. The molecule has 1 unspecified atom stereocenters. The number of rotatable bonds is 4. The number of hydrogen-bond acceptors (Lipinski definition) is 6. The molecular formula is C11H12N4O4S. The number of aliphatic carboxylic acids is 1. The zero-order valence-corrected chi connectivity index (χ0v) is 11.1. The second kappa shape index (κ2) is 4.91. The second-order valence-electron chi connectivity index (χ2n) is 4.47. The summed E-state index contributed by atoms with van der Waals surface area (Å²) in [4.78, 5) is 24.7. The van der Waals surface area contributed by atoms with Crippen molar-refractivity contribution in [2.24, 2.45) is 0 Å². The Balaban J connectivity index is 1.96. The van der Waals surface area contributed by atoms with E-state index in [9.17, 15) is 9.59 Å². The Morgan fingerprint density at radius 2 is 2.40 bits per heavy atom. The molecule has 0 aliphatic carbocycles. The van der Waals surface area contributed by atoms with Crippen molar-refractivity contribution in [2.75, 3.05) is 12.4 Å². The number of thioether (sulfide) groups is 1. The van der Waals surface area contributed by atoms with E-state index >= 15 is 0 Å². The maximum Gasteiger partial charge on any atom is 0.327 e. The molecule has 0 spiro atoms. The summed E-state index contributed by atoms with van der Waals surface area (Å²) in [6.45, 7) is -0.112. The Bertz CT molecular complexity index is 585. The van der Waals surface area contributed by atoms with Crippen molar-refractivity contribution in [1.29, 1.82) is 0 Å². The van der Waals surface area contributed by atoms with Crippen LogP contribution < -0.4 is 0 Å². The van der Waals surface area contributed by atoms with Gasteiger partial charge in [-0.15, -0.1) is 11.8 Å². The number of aliphatic hydroxyl groups is 1. The number of carboxylic acids is 1. The van der Waals surface area contributed by atoms with Crippen LogP contribution in [-0.4, -0.2) is 66.2 Å². The Kier molecular flexibility index (Phi) is 3.22. The Morgan fingerprint density at radius 1 is 1.60 bits per heavy atom. The van der Waals surface area contributed by atoms with Gasteiger partial charge in [-0.05, 0) is 12.0 Å². The summed E-state index contributed by atoms with van der Waals surface area (Å²) < 4.78 is 0. The first-order chi connectivity index (χ1) is 9.65. The number of aliphatic hydroxyl groups excluding tert-OH is 1. The van der Waals surface area contributed by atoms with E-state index in [2.05, 4.69) is 15.4 Å². The average Bonchev–Trinajstić information content (AvgIpc) is 3.05. The first-order valence-electron chi connectivity index (χ1n) is 6.02. The van der Waals surface area contributed by atoms with Crippen LogP contribution in [0.4, 0.5) is 0 Å². The van der Waals surface area contributed by atoms with Gasteiger partial charge in [-0.25, -0.2) is 4.79 Å². The summed E-state index contributed by atoms with van der Waals surface area (Å²) in [5.41, 5.74) is 1.68. The second-order valence-corrected chi connectivity index (χ2v) is 5.59. The number of carboxylic acid groups (broad SMARTS) is 1. The number of fused-ring (bicyclic) bond motifs is 1. The third kappa shape index (κ3) is 1.81. The zero-order chi connectivity index (χ0) is 14.3. The number of carbonyl (C=O) groups is 2. The van der Waals surface area contributed by atoms with Gasteiger partial charge in [-0.2, -0.15) is 15.4 Å².